The number of benzene rings is 1. The van der Waals surface area contributed by atoms with Crippen LogP contribution in [0.25, 0.3) is 11.0 Å². The van der Waals surface area contributed by atoms with E-state index in [9.17, 15) is 27.6 Å². The molecule has 7 atom stereocenters. The molecule has 1 saturated heterocycles. The van der Waals surface area contributed by atoms with Crippen LogP contribution in [0.3, 0.4) is 0 Å². The van der Waals surface area contributed by atoms with Gasteiger partial charge >= 0.3 is 6.09 Å². The van der Waals surface area contributed by atoms with Crippen molar-refractivity contribution in [2.24, 2.45) is 11.8 Å². The number of sulfonamides is 1. The number of carbonyl (C=O) groups is 4. The molecule has 1 aromatic carbocycles. The first-order valence-electron chi connectivity index (χ1n) is 20.6. The zero-order valence-electron chi connectivity index (χ0n) is 33.0. The van der Waals surface area contributed by atoms with Gasteiger partial charge in [-0.1, -0.05) is 37.8 Å². The molecular formula is C41H54N6O9S. The van der Waals surface area contributed by atoms with Crippen molar-refractivity contribution in [1.29, 1.82) is 0 Å². The van der Waals surface area contributed by atoms with Gasteiger partial charge in [0.25, 0.3) is 5.91 Å². The molecule has 3 aliphatic carbocycles. The third kappa shape index (κ3) is 8.15. The lowest BCUT2D eigenvalue weighted by molar-refractivity contribution is -0.141. The van der Waals surface area contributed by atoms with Crippen LogP contribution in [-0.2, 0) is 35.6 Å². The van der Waals surface area contributed by atoms with E-state index in [0.29, 0.717) is 66.9 Å². The summed E-state index contributed by atoms with van der Waals surface area (Å²) in [5.41, 5.74) is -0.755. The maximum absolute atomic E-state index is 14.7. The molecular weight excluding hydrogens is 753 g/mol. The Balaban J connectivity index is 1.15. The number of hydrogen-bond donors (Lipinski definition) is 3. The van der Waals surface area contributed by atoms with Gasteiger partial charge < -0.3 is 29.7 Å². The van der Waals surface area contributed by atoms with Gasteiger partial charge in [-0.25, -0.2) is 23.2 Å². The summed E-state index contributed by atoms with van der Waals surface area (Å²) in [7, 11) is -2.42. The Kier molecular flexibility index (Phi) is 10.4. The molecule has 3 N–H and O–H groups in total. The minimum Gasteiger partial charge on any atom is -0.497 e. The lowest BCUT2D eigenvalue weighted by Crippen LogP contribution is -2.58. The number of hydrogen-bond acceptors (Lipinski definition) is 11. The first-order chi connectivity index (χ1) is 27.2. The highest BCUT2D eigenvalue weighted by atomic mass is 32.2. The Bertz CT molecular complexity index is 2090. The van der Waals surface area contributed by atoms with E-state index in [-0.39, 0.29) is 31.4 Å². The van der Waals surface area contributed by atoms with E-state index >= 15 is 0 Å². The number of nitrogens with one attached hydrogen (secondary N) is 3. The molecule has 3 saturated carbocycles. The van der Waals surface area contributed by atoms with Crippen molar-refractivity contribution in [2.45, 2.75) is 144 Å². The second kappa shape index (κ2) is 15.0. The lowest BCUT2D eigenvalue weighted by atomic mass is 10.0. The van der Waals surface area contributed by atoms with E-state index in [1.165, 1.54) is 4.90 Å². The van der Waals surface area contributed by atoms with Gasteiger partial charge in [0.2, 0.25) is 27.7 Å². The molecule has 0 spiro atoms. The standard InChI is InChI=1S/C41H54N6O9S/c1-39-23-32-34(48)45-41(37(50)46-57(52,53)40(2)18-19-40)22-26(41)13-9-5-4-6-10-15-30(36(49)47(32)24-39)44-38(51)55-33-20-25(33)12-8-7-11-14-29-35(56-39)43-31-21-27(54-3)16-17-28(31)42-29/h9,13,16-17,21,25-26,30,32-33H,4-8,10-12,14-15,18-20,22-24H2,1-3H3,(H,44,51)(H,45,48)(H,46,50)/b13-9-/t25-,26?,30+,32+,33-,39+,41-/m1/s1. The van der Waals surface area contributed by atoms with Crippen molar-refractivity contribution in [3.05, 3.63) is 36.0 Å². The summed E-state index contributed by atoms with van der Waals surface area (Å²) in [5.74, 6) is -1.13. The number of rotatable bonds is 4. The van der Waals surface area contributed by atoms with Gasteiger partial charge in [0, 0.05) is 18.4 Å². The molecule has 4 amide bonds. The van der Waals surface area contributed by atoms with E-state index in [1.807, 2.05) is 31.2 Å². The fourth-order valence-electron chi connectivity index (χ4n) is 8.68. The van der Waals surface area contributed by atoms with Crippen LogP contribution in [0.1, 0.15) is 109 Å². The average molecular weight is 807 g/mol. The topological polar surface area (TPSA) is 195 Å². The summed E-state index contributed by atoms with van der Waals surface area (Å²) in [4.78, 5) is 68.0. The van der Waals surface area contributed by atoms with Crippen LogP contribution < -0.4 is 24.8 Å². The van der Waals surface area contributed by atoms with Gasteiger partial charge in [-0.2, -0.15) is 0 Å². The number of methoxy groups -OCH3 is 1. The SMILES string of the molecule is COc1ccc2nc3c(nc2c1)O[C@@]1(C)C[C@H]2C(=O)N[C@]4(C(=O)NS(=O)(=O)C5(C)CC5)CC4/C=C\CCCCC[C@H](NC(=O)O[C@@H]4C[C@H]4CCCCC3)C(=O)N2C1. The number of amides is 4. The fraction of sp³-hybridized carbons (Fsp3) is 0.659. The van der Waals surface area contributed by atoms with E-state index in [0.717, 1.165) is 44.9 Å². The predicted octanol–water partition coefficient (Wildman–Crippen LogP) is 4.37. The van der Waals surface area contributed by atoms with Crippen molar-refractivity contribution < 1.29 is 41.8 Å². The van der Waals surface area contributed by atoms with Crippen molar-refractivity contribution in [3.8, 4) is 11.6 Å². The van der Waals surface area contributed by atoms with Crippen LogP contribution in [0.4, 0.5) is 4.79 Å². The predicted molar refractivity (Wildman–Crippen MR) is 209 cm³/mol. The maximum atomic E-state index is 14.7. The monoisotopic (exact) mass is 806 g/mol. The molecule has 2 aromatic rings. The molecule has 308 valence electrons. The Morgan fingerprint density at radius 1 is 1.00 bits per heavy atom. The number of alkyl carbamates (subject to hydrolysis) is 1. The average Bonchev–Trinajstić information content (AvgIpc) is 4.12. The van der Waals surface area contributed by atoms with Gasteiger partial charge in [-0.15, -0.1) is 0 Å². The molecule has 16 heteroatoms. The number of nitrogens with zero attached hydrogens (tertiary/aromatic N) is 3. The number of aromatic nitrogens is 2. The quantitative estimate of drug-likeness (QED) is 0.372. The van der Waals surface area contributed by atoms with E-state index in [2.05, 4.69) is 15.4 Å². The molecule has 57 heavy (non-hydrogen) atoms. The normalized spacial score (nSPS) is 33.5. The number of carbonyl (C=O) groups excluding carboxylic acids is 4. The summed E-state index contributed by atoms with van der Waals surface area (Å²) < 4.78 is 45.7. The number of allylic oxidation sites excluding steroid dienone is 1. The molecule has 3 aliphatic heterocycles. The first-order valence-corrected chi connectivity index (χ1v) is 22.1. The van der Waals surface area contributed by atoms with Crippen molar-refractivity contribution in [2.75, 3.05) is 13.7 Å². The largest absolute Gasteiger partial charge is 0.497 e. The second-order valence-corrected chi connectivity index (χ2v) is 19.7. The van der Waals surface area contributed by atoms with Gasteiger partial charge in [-0.05, 0) is 96.1 Å². The summed E-state index contributed by atoms with van der Waals surface area (Å²) >= 11 is 0. The molecule has 0 radical (unpaired) electrons. The van der Waals surface area contributed by atoms with Crippen LogP contribution >= 0.6 is 0 Å². The Hall–Kier alpha value is -4.47. The van der Waals surface area contributed by atoms with Crippen molar-refractivity contribution >= 4 is 44.9 Å². The molecule has 4 fully saturated rings. The van der Waals surface area contributed by atoms with E-state index < -0.39 is 67.7 Å². The minimum absolute atomic E-state index is 0.0251. The summed E-state index contributed by atoms with van der Waals surface area (Å²) in [5, 5.41) is 5.78. The Morgan fingerprint density at radius 3 is 2.58 bits per heavy atom. The summed E-state index contributed by atoms with van der Waals surface area (Å²) in [6.07, 6.45) is 12.4. The van der Waals surface area contributed by atoms with Crippen LogP contribution in [-0.4, -0.2) is 94.8 Å². The molecule has 4 heterocycles. The Labute approximate surface area is 333 Å². The maximum Gasteiger partial charge on any atom is 0.408 e. The third-order valence-electron chi connectivity index (χ3n) is 12.9. The zero-order chi connectivity index (χ0) is 40.2. The van der Waals surface area contributed by atoms with Crippen molar-refractivity contribution in [1.82, 2.24) is 30.2 Å². The first kappa shape index (κ1) is 39.4. The molecule has 15 nitrogen and oxygen atoms in total. The van der Waals surface area contributed by atoms with Gasteiger partial charge in [0.15, 0.2) is 0 Å². The molecule has 1 aromatic heterocycles. The zero-order valence-corrected chi connectivity index (χ0v) is 33.8. The highest BCUT2D eigenvalue weighted by molar-refractivity contribution is 7.91. The smallest absolute Gasteiger partial charge is 0.408 e. The molecule has 1 unspecified atom stereocenters. The minimum atomic E-state index is -4.00. The van der Waals surface area contributed by atoms with E-state index in [4.69, 9.17) is 24.2 Å². The fourth-order valence-corrected chi connectivity index (χ4v) is 9.99. The van der Waals surface area contributed by atoms with E-state index in [1.54, 1.807) is 20.1 Å². The van der Waals surface area contributed by atoms with Gasteiger partial charge in [-0.3, -0.25) is 19.1 Å². The summed E-state index contributed by atoms with van der Waals surface area (Å²) in [6, 6.07) is 3.36. The van der Waals surface area contributed by atoms with Crippen LogP contribution in [0.15, 0.2) is 30.4 Å². The second-order valence-electron chi connectivity index (χ2n) is 17.5. The number of aryl methyl sites for hydroxylation is 1. The van der Waals surface area contributed by atoms with Crippen LogP contribution in [0.5, 0.6) is 11.6 Å². The molecule has 3 bridgehead atoms. The highest BCUT2D eigenvalue weighted by Gasteiger charge is 2.63. The Morgan fingerprint density at radius 2 is 1.79 bits per heavy atom. The number of fused-ring (bicyclic) bond motifs is 6. The van der Waals surface area contributed by atoms with Gasteiger partial charge in [0.05, 0.1) is 29.4 Å². The summed E-state index contributed by atoms with van der Waals surface area (Å²) in [6.45, 7) is 3.38. The van der Waals surface area contributed by atoms with Gasteiger partial charge in [0.1, 0.15) is 40.8 Å². The third-order valence-corrected chi connectivity index (χ3v) is 15.0. The number of ether oxygens (including phenoxy) is 3. The lowest BCUT2D eigenvalue weighted by Gasteiger charge is -2.30. The van der Waals surface area contributed by atoms with Crippen LogP contribution in [0, 0.1) is 11.8 Å². The van der Waals surface area contributed by atoms with Crippen molar-refractivity contribution in [3.63, 3.8) is 0 Å². The highest BCUT2D eigenvalue weighted by Crippen LogP contribution is 2.48. The van der Waals surface area contributed by atoms with Crippen LogP contribution in [0.2, 0.25) is 0 Å². The molecule has 6 aliphatic rings. The molecule has 8 rings (SSSR count).